The molecule has 1 aromatic rings. The molecule has 0 radical (unpaired) electrons. The third-order valence-electron chi connectivity index (χ3n) is 5.12. The third-order valence-corrected chi connectivity index (χ3v) is 5.12. The second kappa shape index (κ2) is 4.07. The predicted molar refractivity (Wildman–Crippen MR) is 73.2 cm³/mol. The smallest absolute Gasteiger partial charge is 0.0892 e. The molecule has 1 aliphatic heterocycles. The minimum atomic E-state index is -0.613. The molecule has 1 aliphatic carbocycles. The van der Waals surface area contributed by atoms with E-state index in [0.29, 0.717) is 0 Å². The molecular formula is C16H23NO. The molecule has 1 saturated carbocycles. The maximum Gasteiger partial charge on any atom is 0.0892 e. The first kappa shape index (κ1) is 12.2. The van der Waals surface area contributed by atoms with Crippen LogP contribution in [0.2, 0.25) is 0 Å². The quantitative estimate of drug-likeness (QED) is 0.796. The van der Waals surface area contributed by atoms with E-state index >= 15 is 0 Å². The van der Waals surface area contributed by atoms with Crippen molar-refractivity contribution in [2.75, 3.05) is 0 Å². The summed E-state index contributed by atoms with van der Waals surface area (Å²) in [7, 11) is 0. The van der Waals surface area contributed by atoms with Gasteiger partial charge in [0.1, 0.15) is 0 Å². The molecule has 2 aliphatic rings. The normalized spacial score (nSPS) is 34.3. The van der Waals surface area contributed by atoms with Crippen molar-refractivity contribution in [2.24, 2.45) is 5.41 Å². The van der Waals surface area contributed by atoms with Gasteiger partial charge in [-0.2, -0.15) is 0 Å². The van der Waals surface area contributed by atoms with Gasteiger partial charge in [-0.05, 0) is 29.4 Å². The lowest BCUT2D eigenvalue weighted by Gasteiger charge is -2.50. The van der Waals surface area contributed by atoms with Crippen molar-refractivity contribution in [1.82, 2.24) is 5.32 Å². The largest absolute Gasteiger partial charge is 0.387 e. The molecule has 1 heterocycles. The first-order valence-electron chi connectivity index (χ1n) is 7.08. The number of nitrogens with one attached hydrogen (secondary N) is 1. The molecule has 0 aromatic heterocycles. The fourth-order valence-corrected chi connectivity index (χ4v) is 3.78. The van der Waals surface area contributed by atoms with Crippen LogP contribution in [0.1, 0.15) is 56.7 Å². The summed E-state index contributed by atoms with van der Waals surface area (Å²) in [6, 6.07) is 8.60. The van der Waals surface area contributed by atoms with Crippen molar-refractivity contribution in [1.29, 1.82) is 0 Å². The van der Waals surface area contributed by atoms with Gasteiger partial charge in [0.15, 0.2) is 0 Å². The van der Waals surface area contributed by atoms with Gasteiger partial charge in [-0.15, -0.1) is 0 Å². The highest BCUT2D eigenvalue weighted by molar-refractivity contribution is 5.36. The van der Waals surface area contributed by atoms with E-state index in [2.05, 4.69) is 43.4 Å². The minimum absolute atomic E-state index is 0.0135. The van der Waals surface area contributed by atoms with Gasteiger partial charge in [0.2, 0.25) is 0 Å². The molecule has 0 saturated heterocycles. The van der Waals surface area contributed by atoms with E-state index < -0.39 is 5.60 Å². The molecule has 0 spiro atoms. The van der Waals surface area contributed by atoms with E-state index in [1.807, 2.05) is 0 Å². The summed E-state index contributed by atoms with van der Waals surface area (Å²) in [5, 5.41) is 14.8. The van der Waals surface area contributed by atoms with Crippen LogP contribution < -0.4 is 5.32 Å². The maximum absolute atomic E-state index is 11.3. The lowest BCUT2D eigenvalue weighted by Crippen LogP contribution is -2.54. The first-order chi connectivity index (χ1) is 8.55. The summed E-state index contributed by atoms with van der Waals surface area (Å²) < 4.78 is 0. The number of rotatable bonds is 1. The van der Waals surface area contributed by atoms with E-state index in [0.717, 1.165) is 25.8 Å². The Hall–Kier alpha value is -0.860. The zero-order chi connectivity index (χ0) is 12.8. The Kier molecular flexibility index (Phi) is 2.76. The Balaban J connectivity index is 2.00. The van der Waals surface area contributed by atoms with Crippen LogP contribution in [0.4, 0.5) is 0 Å². The van der Waals surface area contributed by atoms with Gasteiger partial charge < -0.3 is 10.4 Å². The van der Waals surface area contributed by atoms with Crippen LogP contribution in [-0.2, 0) is 6.54 Å². The summed E-state index contributed by atoms with van der Waals surface area (Å²) >= 11 is 0. The molecule has 2 atom stereocenters. The van der Waals surface area contributed by atoms with E-state index in [1.165, 1.54) is 17.5 Å². The molecule has 0 amide bonds. The van der Waals surface area contributed by atoms with Crippen LogP contribution in [0.25, 0.3) is 0 Å². The Morgan fingerprint density at radius 1 is 1.17 bits per heavy atom. The zero-order valence-corrected chi connectivity index (χ0v) is 11.4. The number of hydrogen-bond acceptors (Lipinski definition) is 2. The monoisotopic (exact) mass is 245 g/mol. The molecule has 1 aromatic carbocycles. The van der Waals surface area contributed by atoms with Crippen molar-refractivity contribution >= 4 is 0 Å². The molecule has 98 valence electrons. The van der Waals surface area contributed by atoms with Crippen molar-refractivity contribution in [3.05, 3.63) is 35.4 Å². The van der Waals surface area contributed by atoms with E-state index in [1.54, 1.807) is 0 Å². The molecule has 3 rings (SSSR count). The van der Waals surface area contributed by atoms with Crippen LogP contribution in [0.15, 0.2) is 24.3 Å². The summed E-state index contributed by atoms with van der Waals surface area (Å²) in [5.41, 5.74) is 2.02. The van der Waals surface area contributed by atoms with Crippen molar-refractivity contribution in [2.45, 2.75) is 57.7 Å². The Morgan fingerprint density at radius 2 is 1.89 bits per heavy atom. The SMILES string of the molecule is CC1(C)CCCCC1(O)C1NCc2ccccc21. The van der Waals surface area contributed by atoms with Gasteiger partial charge in [0.05, 0.1) is 11.6 Å². The Bertz CT molecular complexity index is 454. The summed E-state index contributed by atoms with van der Waals surface area (Å²) in [6.07, 6.45) is 4.40. The van der Waals surface area contributed by atoms with Crippen molar-refractivity contribution < 1.29 is 5.11 Å². The Labute approximate surface area is 109 Å². The number of benzene rings is 1. The Morgan fingerprint density at radius 3 is 2.67 bits per heavy atom. The second-order valence-electron chi connectivity index (χ2n) is 6.53. The van der Waals surface area contributed by atoms with Gasteiger partial charge in [-0.1, -0.05) is 51.0 Å². The molecule has 2 unspecified atom stereocenters. The first-order valence-corrected chi connectivity index (χ1v) is 7.08. The highest BCUT2D eigenvalue weighted by atomic mass is 16.3. The van der Waals surface area contributed by atoms with Gasteiger partial charge >= 0.3 is 0 Å². The fourth-order valence-electron chi connectivity index (χ4n) is 3.78. The van der Waals surface area contributed by atoms with Gasteiger partial charge in [-0.3, -0.25) is 0 Å². The maximum atomic E-state index is 11.3. The fraction of sp³-hybridized carbons (Fsp3) is 0.625. The van der Waals surface area contributed by atoms with Crippen LogP contribution in [0.5, 0.6) is 0 Å². The average molecular weight is 245 g/mol. The van der Waals surface area contributed by atoms with Crippen LogP contribution in [0.3, 0.4) is 0 Å². The molecule has 2 N–H and O–H groups in total. The number of aliphatic hydroxyl groups is 1. The highest BCUT2D eigenvalue weighted by Gasteiger charge is 2.52. The molecule has 18 heavy (non-hydrogen) atoms. The van der Waals surface area contributed by atoms with E-state index in [4.69, 9.17) is 0 Å². The topological polar surface area (TPSA) is 32.3 Å². The summed E-state index contributed by atoms with van der Waals surface area (Å²) in [5.74, 6) is 0. The van der Waals surface area contributed by atoms with Crippen LogP contribution in [0, 0.1) is 5.41 Å². The van der Waals surface area contributed by atoms with Crippen LogP contribution >= 0.6 is 0 Å². The van der Waals surface area contributed by atoms with Crippen LogP contribution in [-0.4, -0.2) is 10.7 Å². The standard InChI is InChI=1S/C16H23NO/c1-15(2)9-5-6-10-16(15,18)14-13-8-4-3-7-12(13)11-17-14/h3-4,7-8,14,17-18H,5-6,9-11H2,1-2H3. The summed E-state index contributed by atoms with van der Waals surface area (Å²) in [4.78, 5) is 0. The third kappa shape index (κ3) is 1.63. The molecule has 2 nitrogen and oxygen atoms in total. The second-order valence-corrected chi connectivity index (χ2v) is 6.53. The number of hydrogen-bond donors (Lipinski definition) is 2. The predicted octanol–water partition coefficient (Wildman–Crippen LogP) is 3.16. The lowest BCUT2D eigenvalue weighted by atomic mass is 9.61. The van der Waals surface area contributed by atoms with E-state index in [9.17, 15) is 5.11 Å². The molecule has 0 bridgehead atoms. The number of fused-ring (bicyclic) bond motifs is 1. The van der Waals surface area contributed by atoms with Gasteiger partial charge in [0, 0.05) is 6.54 Å². The molecular weight excluding hydrogens is 222 g/mol. The molecule has 1 fully saturated rings. The molecule has 2 heteroatoms. The van der Waals surface area contributed by atoms with E-state index in [-0.39, 0.29) is 11.5 Å². The average Bonchev–Trinajstić information content (AvgIpc) is 2.77. The van der Waals surface area contributed by atoms with Gasteiger partial charge in [-0.25, -0.2) is 0 Å². The van der Waals surface area contributed by atoms with Gasteiger partial charge in [0.25, 0.3) is 0 Å². The highest BCUT2D eigenvalue weighted by Crippen LogP contribution is 2.51. The zero-order valence-electron chi connectivity index (χ0n) is 11.4. The van der Waals surface area contributed by atoms with Crippen molar-refractivity contribution in [3.63, 3.8) is 0 Å². The lowest BCUT2D eigenvalue weighted by molar-refractivity contribution is -0.121. The van der Waals surface area contributed by atoms with Crippen molar-refractivity contribution in [3.8, 4) is 0 Å². The summed E-state index contributed by atoms with van der Waals surface area (Å²) in [6.45, 7) is 5.32. The minimum Gasteiger partial charge on any atom is -0.387 e.